The minimum atomic E-state index is -0.947. The minimum absolute atomic E-state index is 0.0803. The molecular weight excluding hydrogens is 452 g/mol. The Morgan fingerprint density at radius 2 is 1.42 bits per heavy atom. The number of benzene rings is 3. The monoisotopic (exact) mass is 488 g/mol. The van der Waals surface area contributed by atoms with Crippen LogP contribution >= 0.6 is 0 Å². The molecule has 0 bridgehead atoms. The van der Waals surface area contributed by atoms with E-state index in [1.165, 1.54) is 4.90 Å². The second-order valence-corrected chi connectivity index (χ2v) is 10.8. The summed E-state index contributed by atoms with van der Waals surface area (Å²) in [5.74, 6) is 0.145. The molecule has 0 aliphatic carbocycles. The molecule has 6 heteroatoms. The lowest BCUT2D eigenvalue weighted by atomic mass is 9.88. The van der Waals surface area contributed by atoms with Crippen molar-refractivity contribution in [3.05, 3.63) is 89.5 Å². The maximum Gasteiger partial charge on any atom is 0.408 e. The summed E-state index contributed by atoms with van der Waals surface area (Å²) < 4.78 is 0. The number of amides is 2. The van der Waals surface area contributed by atoms with Crippen LogP contribution in [0.2, 0.25) is 0 Å². The van der Waals surface area contributed by atoms with E-state index in [1.54, 1.807) is 12.1 Å². The first-order chi connectivity index (χ1) is 16.8. The zero-order valence-corrected chi connectivity index (χ0v) is 21.7. The number of aromatic hydroxyl groups is 1. The van der Waals surface area contributed by atoms with Gasteiger partial charge in [-0.2, -0.15) is 0 Å². The zero-order valence-electron chi connectivity index (χ0n) is 21.7. The van der Waals surface area contributed by atoms with Crippen molar-refractivity contribution < 1.29 is 19.8 Å². The van der Waals surface area contributed by atoms with Gasteiger partial charge in [0, 0.05) is 17.6 Å². The third-order valence-corrected chi connectivity index (χ3v) is 6.08. The van der Waals surface area contributed by atoms with E-state index in [2.05, 4.69) is 5.32 Å². The molecule has 0 atom stereocenters. The topological polar surface area (TPSA) is 89.9 Å². The summed E-state index contributed by atoms with van der Waals surface area (Å²) >= 11 is 0. The number of nitrogens with one attached hydrogen (secondary N) is 1. The number of hydrogen-bond donors (Lipinski definition) is 3. The molecule has 36 heavy (non-hydrogen) atoms. The molecule has 0 fully saturated rings. The van der Waals surface area contributed by atoms with Gasteiger partial charge in [-0.25, -0.2) is 4.79 Å². The lowest BCUT2D eigenvalue weighted by Gasteiger charge is -2.45. The lowest BCUT2D eigenvalue weighted by Crippen LogP contribution is -2.57. The molecule has 0 heterocycles. The fraction of sp³-hybridized carbons (Fsp3) is 0.333. The number of hydrogen-bond acceptors (Lipinski definition) is 3. The maximum absolute atomic E-state index is 12.7. The zero-order chi connectivity index (χ0) is 26.5. The predicted molar refractivity (Wildman–Crippen MR) is 143 cm³/mol. The van der Waals surface area contributed by atoms with E-state index in [4.69, 9.17) is 0 Å². The third-order valence-electron chi connectivity index (χ3n) is 6.08. The summed E-state index contributed by atoms with van der Waals surface area (Å²) in [6.45, 7) is 9.95. The summed E-state index contributed by atoms with van der Waals surface area (Å²) in [4.78, 5) is 26.1. The van der Waals surface area contributed by atoms with Crippen LogP contribution in [0, 0.1) is 0 Å². The van der Waals surface area contributed by atoms with E-state index in [0.717, 1.165) is 27.8 Å². The second kappa shape index (κ2) is 10.9. The molecule has 0 aliphatic heterocycles. The normalized spacial score (nSPS) is 11.7. The van der Waals surface area contributed by atoms with Gasteiger partial charge in [-0.15, -0.1) is 0 Å². The molecule has 3 aromatic rings. The minimum Gasteiger partial charge on any atom is -0.508 e. The van der Waals surface area contributed by atoms with Gasteiger partial charge in [0.15, 0.2) is 0 Å². The Morgan fingerprint density at radius 1 is 0.806 bits per heavy atom. The Hall–Kier alpha value is -3.80. The standard InChI is InChI=1S/C30H36N2O4/c1-29(2,3)32(28(35)36)30(4,5)19-22-9-6-8-21(16-22)18-27(34)31-20-23-10-7-11-25(17-23)24-12-14-26(33)15-13-24/h6-17,33H,18-20H2,1-5H3,(H,31,34)(H,35,36). The Balaban J connectivity index is 1.63. The molecule has 0 aliphatic rings. The first-order valence-electron chi connectivity index (χ1n) is 12.1. The van der Waals surface area contributed by atoms with Gasteiger partial charge in [0.2, 0.25) is 5.91 Å². The number of carbonyl (C=O) groups excluding carboxylic acids is 1. The molecule has 190 valence electrons. The Labute approximate surface area is 213 Å². The molecule has 6 nitrogen and oxygen atoms in total. The Bertz CT molecular complexity index is 1210. The fourth-order valence-corrected chi connectivity index (χ4v) is 4.85. The molecule has 3 N–H and O–H groups in total. The van der Waals surface area contributed by atoms with Crippen LogP contribution in [0.15, 0.2) is 72.8 Å². The molecular formula is C30H36N2O4. The average molecular weight is 489 g/mol. The summed E-state index contributed by atoms with van der Waals surface area (Å²) in [6, 6.07) is 22.8. The van der Waals surface area contributed by atoms with Crippen LogP contribution in [-0.4, -0.2) is 38.2 Å². The summed E-state index contributed by atoms with van der Waals surface area (Å²) in [7, 11) is 0. The highest BCUT2D eigenvalue weighted by Gasteiger charge is 2.38. The fourth-order valence-electron chi connectivity index (χ4n) is 4.85. The SMILES string of the molecule is CC(C)(C)N(C(=O)O)C(C)(C)Cc1cccc(CC(=O)NCc2cccc(-c3ccc(O)cc3)c2)c1. The van der Waals surface area contributed by atoms with E-state index in [9.17, 15) is 19.8 Å². The van der Waals surface area contributed by atoms with Crippen molar-refractivity contribution in [3.8, 4) is 16.9 Å². The van der Waals surface area contributed by atoms with Crippen molar-refractivity contribution in [2.75, 3.05) is 0 Å². The number of phenols is 1. The number of carboxylic acid groups (broad SMARTS) is 1. The first kappa shape index (κ1) is 26.8. The highest BCUT2D eigenvalue weighted by molar-refractivity contribution is 5.78. The van der Waals surface area contributed by atoms with Crippen LogP contribution in [0.4, 0.5) is 4.79 Å². The van der Waals surface area contributed by atoms with Gasteiger partial charge >= 0.3 is 6.09 Å². The van der Waals surface area contributed by atoms with Crippen LogP contribution in [0.1, 0.15) is 51.3 Å². The number of carbonyl (C=O) groups is 2. The Kier molecular flexibility index (Phi) is 8.08. The van der Waals surface area contributed by atoms with Gasteiger partial charge in [-0.05, 0) is 87.1 Å². The predicted octanol–water partition coefficient (Wildman–Crippen LogP) is 6.02. The van der Waals surface area contributed by atoms with Crippen LogP contribution in [0.3, 0.4) is 0 Å². The first-order valence-corrected chi connectivity index (χ1v) is 12.1. The Morgan fingerprint density at radius 3 is 2.06 bits per heavy atom. The van der Waals surface area contributed by atoms with E-state index < -0.39 is 17.2 Å². The van der Waals surface area contributed by atoms with E-state index in [1.807, 2.05) is 95.3 Å². The van der Waals surface area contributed by atoms with Crippen molar-refractivity contribution in [1.82, 2.24) is 10.2 Å². The van der Waals surface area contributed by atoms with E-state index >= 15 is 0 Å². The van der Waals surface area contributed by atoms with Crippen molar-refractivity contribution in [2.24, 2.45) is 0 Å². The molecule has 0 saturated carbocycles. The maximum atomic E-state index is 12.7. The lowest BCUT2D eigenvalue weighted by molar-refractivity contribution is -0.120. The molecule has 0 unspecified atom stereocenters. The summed E-state index contributed by atoms with van der Waals surface area (Å²) in [6.07, 6.45) is -0.165. The molecule has 3 rings (SSSR count). The van der Waals surface area contributed by atoms with Gasteiger partial charge < -0.3 is 15.5 Å². The largest absolute Gasteiger partial charge is 0.508 e. The molecule has 0 spiro atoms. The molecule has 0 saturated heterocycles. The van der Waals surface area contributed by atoms with Gasteiger partial charge in [0.25, 0.3) is 0 Å². The third kappa shape index (κ3) is 7.11. The van der Waals surface area contributed by atoms with Gasteiger partial charge in [-0.3, -0.25) is 9.69 Å². The quantitative estimate of drug-likeness (QED) is 0.362. The van der Waals surface area contributed by atoms with Crippen LogP contribution in [-0.2, 0) is 24.2 Å². The molecule has 0 aromatic heterocycles. The highest BCUT2D eigenvalue weighted by Crippen LogP contribution is 2.29. The van der Waals surface area contributed by atoms with Gasteiger partial charge in [-0.1, -0.05) is 54.6 Å². The smallest absolute Gasteiger partial charge is 0.408 e. The van der Waals surface area contributed by atoms with Crippen molar-refractivity contribution in [2.45, 2.75) is 65.1 Å². The van der Waals surface area contributed by atoms with Gasteiger partial charge in [0.1, 0.15) is 5.75 Å². The molecule has 0 radical (unpaired) electrons. The van der Waals surface area contributed by atoms with Crippen molar-refractivity contribution >= 4 is 12.0 Å². The van der Waals surface area contributed by atoms with E-state index in [-0.39, 0.29) is 18.1 Å². The average Bonchev–Trinajstić information content (AvgIpc) is 2.76. The number of nitrogens with zero attached hydrogens (tertiary/aromatic N) is 1. The van der Waals surface area contributed by atoms with Crippen molar-refractivity contribution in [3.63, 3.8) is 0 Å². The number of rotatable bonds is 8. The van der Waals surface area contributed by atoms with Gasteiger partial charge in [0.05, 0.1) is 6.42 Å². The van der Waals surface area contributed by atoms with Crippen LogP contribution in [0.25, 0.3) is 11.1 Å². The molecule has 3 aromatic carbocycles. The van der Waals surface area contributed by atoms with E-state index in [0.29, 0.717) is 13.0 Å². The number of phenolic OH excluding ortho intramolecular Hbond substituents is 1. The van der Waals surface area contributed by atoms with Crippen molar-refractivity contribution in [1.29, 1.82) is 0 Å². The van der Waals surface area contributed by atoms with Crippen LogP contribution in [0.5, 0.6) is 5.75 Å². The molecule has 2 amide bonds. The summed E-state index contributed by atoms with van der Waals surface area (Å²) in [5, 5.41) is 22.3. The second-order valence-electron chi connectivity index (χ2n) is 10.8. The highest BCUT2D eigenvalue weighted by atomic mass is 16.4. The summed E-state index contributed by atoms with van der Waals surface area (Å²) in [5.41, 5.74) is 3.72. The van der Waals surface area contributed by atoms with Crippen LogP contribution < -0.4 is 5.32 Å².